The molecule has 1 saturated heterocycles. The van der Waals surface area contributed by atoms with Crippen LogP contribution < -0.4 is 23.0 Å². The van der Waals surface area contributed by atoms with E-state index in [0.29, 0.717) is 0 Å². The molecule has 1 heterocycles. The van der Waals surface area contributed by atoms with E-state index in [1.54, 1.807) is 0 Å². The van der Waals surface area contributed by atoms with Crippen molar-refractivity contribution in [3.05, 3.63) is 24.3 Å². The van der Waals surface area contributed by atoms with Gasteiger partial charge in [-0.15, -0.1) is 0 Å². The summed E-state index contributed by atoms with van der Waals surface area (Å²) in [6.45, 7) is 7.70. The molecule has 0 aromatic heterocycles. The normalized spacial score (nSPS) is 16.7. The zero-order valence-corrected chi connectivity index (χ0v) is 15.2. The van der Waals surface area contributed by atoms with E-state index in [9.17, 15) is 0 Å². The minimum atomic E-state index is 0. The highest BCUT2D eigenvalue weighted by Crippen LogP contribution is 2.18. The molecule has 0 aliphatic carbocycles. The Morgan fingerprint density at radius 3 is 2.39 bits per heavy atom. The van der Waals surface area contributed by atoms with Gasteiger partial charge in [-0.1, -0.05) is 0 Å². The van der Waals surface area contributed by atoms with Gasteiger partial charge in [-0.05, 0) is 30.7 Å². The molecule has 3 N–H and O–H groups in total. The second-order valence-electron chi connectivity index (χ2n) is 6.88. The zero-order chi connectivity index (χ0) is 16.0. The van der Waals surface area contributed by atoms with E-state index < -0.39 is 0 Å². The molecule has 1 aliphatic rings. The SMILES string of the molecule is C[N+](C)(CCO)CCN1CCCN(c2ccc(N)cc2)CC1.[Cl-]. The smallest absolute Gasteiger partial charge is 0.102 e. The van der Waals surface area contributed by atoms with E-state index >= 15 is 0 Å². The Kier molecular flexibility index (Phi) is 8.12. The maximum atomic E-state index is 9.12. The van der Waals surface area contributed by atoms with E-state index in [2.05, 4.69) is 36.0 Å². The van der Waals surface area contributed by atoms with Crippen LogP contribution in [-0.2, 0) is 0 Å². The largest absolute Gasteiger partial charge is 1.00 e. The van der Waals surface area contributed by atoms with Crippen LogP contribution in [0.3, 0.4) is 0 Å². The molecule has 0 radical (unpaired) electrons. The summed E-state index contributed by atoms with van der Waals surface area (Å²) in [5, 5.41) is 9.12. The summed E-state index contributed by atoms with van der Waals surface area (Å²) in [6.07, 6.45) is 1.19. The van der Waals surface area contributed by atoms with Gasteiger partial charge in [-0.2, -0.15) is 0 Å². The molecule has 1 aromatic rings. The fourth-order valence-electron chi connectivity index (χ4n) is 2.93. The van der Waals surface area contributed by atoms with Crippen molar-refractivity contribution in [1.82, 2.24) is 4.90 Å². The lowest BCUT2D eigenvalue weighted by Crippen LogP contribution is -3.00. The number of nitrogens with zero attached hydrogens (tertiary/aromatic N) is 3. The summed E-state index contributed by atoms with van der Waals surface area (Å²) in [4.78, 5) is 5.00. The topological polar surface area (TPSA) is 52.7 Å². The van der Waals surface area contributed by atoms with Gasteiger partial charge in [0, 0.05) is 44.1 Å². The Hall–Kier alpha value is -1.01. The molecule has 23 heavy (non-hydrogen) atoms. The van der Waals surface area contributed by atoms with Gasteiger partial charge < -0.3 is 32.6 Å². The zero-order valence-electron chi connectivity index (χ0n) is 14.4. The minimum Gasteiger partial charge on any atom is -1.00 e. The van der Waals surface area contributed by atoms with Gasteiger partial charge >= 0.3 is 0 Å². The molecule has 6 heteroatoms. The Labute approximate surface area is 146 Å². The molecule has 0 amide bonds. The third kappa shape index (κ3) is 6.55. The molecule has 2 rings (SSSR count). The molecule has 5 nitrogen and oxygen atoms in total. The molecule has 0 bridgehead atoms. The summed E-state index contributed by atoms with van der Waals surface area (Å²) >= 11 is 0. The average molecular weight is 343 g/mol. The Bertz CT molecular complexity index is 452. The van der Waals surface area contributed by atoms with Gasteiger partial charge in [0.05, 0.1) is 27.2 Å². The van der Waals surface area contributed by atoms with Gasteiger partial charge in [0.25, 0.3) is 0 Å². The lowest BCUT2D eigenvalue weighted by atomic mass is 10.2. The van der Waals surface area contributed by atoms with E-state index in [1.165, 1.54) is 12.1 Å². The maximum Gasteiger partial charge on any atom is 0.102 e. The number of nitrogen functional groups attached to an aromatic ring is 1. The van der Waals surface area contributed by atoms with E-state index in [4.69, 9.17) is 10.8 Å². The van der Waals surface area contributed by atoms with Crippen molar-refractivity contribution in [1.29, 1.82) is 0 Å². The highest BCUT2D eigenvalue weighted by atomic mass is 35.5. The molecule has 1 aliphatic heterocycles. The number of rotatable bonds is 6. The van der Waals surface area contributed by atoms with E-state index in [1.807, 2.05) is 12.1 Å². The molecule has 0 spiro atoms. The molecular formula is C17H31ClN4O. The van der Waals surface area contributed by atoms with E-state index in [0.717, 1.165) is 56.0 Å². The Balaban J connectivity index is 0.00000264. The van der Waals surface area contributed by atoms with E-state index in [-0.39, 0.29) is 19.0 Å². The first-order valence-electron chi connectivity index (χ1n) is 8.26. The number of hydrogen-bond acceptors (Lipinski definition) is 4. The van der Waals surface area contributed by atoms with Crippen LogP contribution in [0.2, 0.25) is 0 Å². The van der Waals surface area contributed by atoms with Crippen LogP contribution >= 0.6 is 0 Å². The number of quaternary nitrogens is 1. The highest BCUT2D eigenvalue weighted by molar-refractivity contribution is 5.53. The van der Waals surface area contributed by atoms with Crippen molar-refractivity contribution in [2.24, 2.45) is 0 Å². The van der Waals surface area contributed by atoms with Crippen molar-refractivity contribution >= 4 is 11.4 Å². The van der Waals surface area contributed by atoms with Crippen LogP contribution in [0.25, 0.3) is 0 Å². The molecule has 1 fully saturated rings. The number of likely N-dealkylation sites (N-methyl/N-ethyl adjacent to an activating group) is 1. The van der Waals surface area contributed by atoms with Crippen molar-refractivity contribution in [3.63, 3.8) is 0 Å². The van der Waals surface area contributed by atoms with Gasteiger partial charge in [0.1, 0.15) is 6.54 Å². The van der Waals surface area contributed by atoms with Crippen LogP contribution in [0.15, 0.2) is 24.3 Å². The quantitative estimate of drug-likeness (QED) is 0.457. The summed E-state index contributed by atoms with van der Waals surface area (Å²) in [5.74, 6) is 0. The second kappa shape index (κ2) is 9.33. The third-order valence-electron chi connectivity index (χ3n) is 4.57. The first-order chi connectivity index (χ1) is 10.5. The van der Waals surface area contributed by atoms with Crippen LogP contribution in [0.1, 0.15) is 6.42 Å². The second-order valence-corrected chi connectivity index (χ2v) is 6.88. The first-order valence-corrected chi connectivity index (χ1v) is 8.26. The lowest BCUT2D eigenvalue weighted by Gasteiger charge is -2.31. The highest BCUT2D eigenvalue weighted by Gasteiger charge is 2.19. The molecule has 1 aromatic carbocycles. The predicted molar refractivity (Wildman–Crippen MR) is 93.1 cm³/mol. The van der Waals surface area contributed by atoms with Crippen LogP contribution in [0.5, 0.6) is 0 Å². The molecule has 0 atom stereocenters. The number of anilines is 2. The number of nitrogens with two attached hydrogens (primary N) is 1. The third-order valence-corrected chi connectivity index (χ3v) is 4.57. The van der Waals surface area contributed by atoms with Crippen molar-refractivity contribution in [3.8, 4) is 0 Å². The monoisotopic (exact) mass is 342 g/mol. The Morgan fingerprint density at radius 1 is 1.04 bits per heavy atom. The number of halogens is 1. The van der Waals surface area contributed by atoms with Gasteiger partial charge in [0.2, 0.25) is 0 Å². The summed E-state index contributed by atoms with van der Waals surface area (Å²) in [5.41, 5.74) is 7.86. The molecule has 0 unspecified atom stereocenters. The first kappa shape index (κ1) is 20.0. The Morgan fingerprint density at radius 2 is 1.74 bits per heavy atom. The van der Waals surface area contributed by atoms with Gasteiger partial charge in [-0.25, -0.2) is 0 Å². The fourth-order valence-corrected chi connectivity index (χ4v) is 2.93. The fraction of sp³-hybridized carbons (Fsp3) is 0.647. The maximum absolute atomic E-state index is 9.12. The molecule has 0 saturated carbocycles. The standard InChI is InChI=1S/C17H31N4O.ClH/c1-21(2,14-15-22)13-12-19-8-3-9-20(11-10-19)17-6-4-16(18)5-7-17;/h4-7,22H,3,8-15,18H2,1-2H3;1H/q+1;/p-1. The van der Waals surface area contributed by atoms with Crippen LogP contribution in [0.4, 0.5) is 11.4 Å². The summed E-state index contributed by atoms with van der Waals surface area (Å²) in [7, 11) is 4.38. The van der Waals surface area contributed by atoms with Gasteiger partial charge in [-0.3, -0.25) is 4.90 Å². The number of benzene rings is 1. The average Bonchev–Trinajstić information content (AvgIpc) is 2.72. The number of aliphatic hydroxyl groups is 1. The van der Waals surface area contributed by atoms with Crippen molar-refractivity contribution in [2.75, 3.05) is 77.1 Å². The summed E-state index contributed by atoms with van der Waals surface area (Å²) in [6, 6.07) is 8.19. The summed E-state index contributed by atoms with van der Waals surface area (Å²) < 4.78 is 0.884. The predicted octanol–water partition coefficient (Wildman–Crippen LogP) is -2.15. The van der Waals surface area contributed by atoms with Crippen molar-refractivity contribution < 1.29 is 22.0 Å². The van der Waals surface area contributed by atoms with Crippen LogP contribution in [-0.4, -0.2) is 81.0 Å². The van der Waals surface area contributed by atoms with Crippen LogP contribution in [0, 0.1) is 0 Å². The molecular weight excluding hydrogens is 312 g/mol. The van der Waals surface area contributed by atoms with Gasteiger partial charge in [0.15, 0.2) is 0 Å². The number of hydrogen-bond donors (Lipinski definition) is 2. The minimum absolute atomic E-state index is 0. The van der Waals surface area contributed by atoms with Crippen molar-refractivity contribution in [2.45, 2.75) is 6.42 Å². The number of aliphatic hydroxyl groups excluding tert-OH is 1. The lowest BCUT2D eigenvalue weighted by molar-refractivity contribution is -0.890. The molecule has 132 valence electrons.